The smallest absolute Gasteiger partial charge is 0.247 e. The van der Waals surface area contributed by atoms with Gasteiger partial charge in [-0.1, -0.05) is 49.4 Å². The topological polar surface area (TPSA) is 95.6 Å². The quantitative estimate of drug-likeness (QED) is 0.393. The number of carbonyl (C=O) groups excluding carboxylic acids is 1. The van der Waals surface area contributed by atoms with Crippen molar-refractivity contribution in [2.75, 3.05) is 11.9 Å². The summed E-state index contributed by atoms with van der Waals surface area (Å²) in [6.07, 6.45) is 5.50. The van der Waals surface area contributed by atoms with Crippen molar-refractivity contribution >= 4 is 11.7 Å². The third-order valence-electron chi connectivity index (χ3n) is 6.01. The molecular weight excluding hydrogens is 436 g/mol. The fourth-order valence-electron chi connectivity index (χ4n) is 3.99. The van der Waals surface area contributed by atoms with Crippen molar-refractivity contribution in [1.29, 1.82) is 5.26 Å². The Morgan fingerprint density at radius 1 is 1.09 bits per heavy atom. The van der Waals surface area contributed by atoms with Crippen molar-refractivity contribution in [3.63, 3.8) is 0 Å². The Morgan fingerprint density at radius 2 is 1.83 bits per heavy atom. The molecule has 2 N–H and O–H groups in total. The van der Waals surface area contributed by atoms with Crippen molar-refractivity contribution in [2.24, 2.45) is 7.05 Å². The molecule has 0 aliphatic heterocycles. The van der Waals surface area contributed by atoms with Crippen LogP contribution in [-0.4, -0.2) is 27.2 Å². The number of rotatable bonds is 8. The van der Waals surface area contributed by atoms with Crippen molar-refractivity contribution in [2.45, 2.75) is 25.8 Å². The number of carbonyl (C=O) groups is 1. The molecule has 176 valence electrons. The van der Waals surface area contributed by atoms with E-state index >= 15 is 0 Å². The number of hydrogen-bond donors (Lipinski definition) is 2. The molecule has 7 nitrogen and oxygen atoms in total. The highest BCUT2D eigenvalue weighted by Gasteiger charge is 2.22. The molecule has 35 heavy (non-hydrogen) atoms. The van der Waals surface area contributed by atoms with Gasteiger partial charge in [-0.25, -0.2) is 4.98 Å². The molecule has 4 aromatic rings. The highest BCUT2D eigenvalue weighted by atomic mass is 16.2. The SMILES string of the molecule is Cc1cc(NC(=O)C(NCC(C)c2ccc(C#N)cc2)c2ccccc2)ncc1-c1cnn(C)c1. The number of pyridine rings is 1. The number of nitrogens with zero attached hydrogens (tertiary/aromatic N) is 4. The fourth-order valence-corrected chi connectivity index (χ4v) is 3.99. The molecule has 0 spiro atoms. The zero-order valence-electron chi connectivity index (χ0n) is 20.1. The summed E-state index contributed by atoms with van der Waals surface area (Å²) in [5.41, 5.74) is 5.57. The molecule has 1 amide bonds. The molecular formula is C28H28N6O. The third kappa shape index (κ3) is 5.81. The molecule has 2 atom stereocenters. The number of hydrogen-bond acceptors (Lipinski definition) is 5. The van der Waals surface area contributed by atoms with Crippen molar-refractivity contribution in [3.05, 3.63) is 102 Å². The normalized spacial score (nSPS) is 12.5. The lowest BCUT2D eigenvalue weighted by molar-refractivity contribution is -0.118. The van der Waals surface area contributed by atoms with Gasteiger partial charge < -0.3 is 10.6 Å². The van der Waals surface area contributed by atoms with Crippen LogP contribution in [0.15, 0.2) is 79.3 Å². The number of amides is 1. The lowest BCUT2D eigenvalue weighted by atomic mass is 9.98. The van der Waals surface area contributed by atoms with Gasteiger partial charge in [0.2, 0.25) is 5.91 Å². The Labute approximate surface area is 205 Å². The number of benzene rings is 2. The summed E-state index contributed by atoms with van der Waals surface area (Å²) in [5.74, 6) is 0.480. The minimum Gasteiger partial charge on any atom is -0.309 e. The van der Waals surface area contributed by atoms with E-state index in [1.54, 1.807) is 17.1 Å². The molecule has 2 heterocycles. The highest BCUT2D eigenvalue weighted by molar-refractivity contribution is 5.95. The number of nitrogens with one attached hydrogen (secondary N) is 2. The van der Waals surface area contributed by atoms with Gasteiger partial charge in [0, 0.05) is 37.1 Å². The van der Waals surface area contributed by atoms with Crippen LogP contribution in [0.5, 0.6) is 0 Å². The summed E-state index contributed by atoms with van der Waals surface area (Å²) in [7, 11) is 1.87. The fraction of sp³-hybridized carbons (Fsp3) is 0.214. The van der Waals surface area contributed by atoms with Crippen molar-refractivity contribution in [3.8, 4) is 17.2 Å². The van der Waals surface area contributed by atoms with Crippen LogP contribution < -0.4 is 10.6 Å². The summed E-state index contributed by atoms with van der Waals surface area (Å²) in [4.78, 5) is 17.8. The second kappa shape index (κ2) is 10.8. The lowest BCUT2D eigenvalue weighted by Gasteiger charge is -2.21. The summed E-state index contributed by atoms with van der Waals surface area (Å²) in [5, 5.41) is 19.6. The van der Waals surface area contributed by atoms with E-state index < -0.39 is 6.04 Å². The van der Waals surface area contributed by atoms with E-state index in [2.05, 4.69) is 33.7 Å². The Bertz CT molecular complexity index is 1340. The number of aromatic nitrogens is 3. The second-order valence-electron chi connectivity index (χ2n) is 8.66. The Balaban J connectivity index is 1.49. The number of anilines is 1. The van der Waals surface area contributed by atoms with Crippen molar-refractivity contribution in [1.82, 2.24) is 20.1 Å². The minimum absolute atomic E-state index is 0.154. The zero-order chi connectivity index (χ0) is 24.8. The van der Waals surface area contributed by atoms with Crippen LogP contribution in [0.4, 0.5) is 5.82 Å². The van der Waals surface area contributed by atoms with E-state index in [0.717, 1.165) is 27.8 Å². The van der Waals surface area contributed by atoms with Gasteiger partial charge >= 0.3 is 0 Å². The first-order chi connectivity index (χ1) is 16.9. The predicted octanol–water partition coefficient (Wildman–Crippen LogP) is 4.74. The number of nitriles is 1. The summed E-state index contributed by atoms with van der Waals surface area (Å²) in [6, 6.07) is 20.7. The first-order valence-corrected chi connectivity index (χ1v) is 11.5. The van der Waals surface area contributed by atoms with Crippen LogP contribution >= 0.6 is 0 Å². The Morgan fingerprint density at radius 3 is 2.46 bits per heavy atom. The summed E-state index contributed by atoms with van der Waals surface area (Å²) in [6.45, 7) is 4.67. The van der Waals surface area contributed by atoms with Crippen LogP contribution in [0.2, 0.25) is 0 Å². The second-order valence-corrected chi connectivity index (χ2v) is 8.66. The standard InChI is InChI=1S/C28H28N6O/c1-19-13-26(30-17-25(19)24-16-32-34(3)18-24)33-28(35)27(23-7-5-4-6-8-23)31-15-20(2)22-11-9-21(14-29)10-12-22/h4-13,16-18,20,27,31H,15H2,1-3H3,(H,30,33,35). The molecule has 4 rings (SSSR count). The first-order valence-electron chi connectivity index (χ1n) is 11.5. The van der Waals surface area contributed by atoms with E-state index in [0.29, 0.717) is 17.9 Å². The van der Waals surface area contributed by atoms with Crippen LogP contribution in [0.25, 0.3) is 11.1 Å². The molecule has 0 bridgehead atoms. The largest absolute Gasteiger partial charge is 0.309 e. The van der Waals surface area contributed by atoms with E-state index in [9.17, 15) is 4.79 Å². The molecule has 0 aliphatic carbocycles. The van der Waals surface area contributed by atoms with Gasteiger partial charge in [0.05, 0.1) is 17.8 Å². The molecule has 2 unspecified atom stereocenters. The van der Waals surface area contributed by atoms with E-state index in [-0.39, 0.29) is 11.8 Å². The Kier molecular flexibility index (Phi) is 7.34. The van der Waals surface area contributed by atoms with Gasteiger partial charge in [0.25, 0.3) is 0 Å². The molecule has 0 radical (unpaired) electrons. The molecule has 7 heteroatoms. The number of aryl methyl sites for hydroxylation is 2. The van der Waals surface area contributed by atoms with E-state index in [4.69, 9.17) is 5.26 Å². The molecule has 0 aliphatic rings. The summed E-state index contributed by atoms with van der Waals surface area (Å²) >= 11 is 0. The van der Waals surface area contributed by atoms with Gasteiger partial charge in [-0.3, -0.25) is 9.48 Å². The van der Waals surface area contributed by atoms with Gasteiger partial charge in [-0.2, -0.15) is 10.4 Å². The zero-order valence-corrected chi connectivity index (χ0v) is 20.1. The van der Waals surface area contributed by atoms with Gasteiger partial charge in [0.1, 0.15) is 11.9 Å². The van der Waals surface area contributed by atoms with Crippen LogP contribution in [-0.2, 0) is 11.8 Å². The summed E-state index contributed by atoms with van der Waals surface area (Å²) < 4.78 is 1.75. The first kappa shape index (κ1) is 23.9. The minimum atomic E-state index is -0.544. The Hall–Kier alpha value is -4.28. The van der Waals surface area contributed by atoms with Crippen LogP contribution in [0.1, 0.15) is 41.1 Å². The average molecular weight is 465 g/mol. The molecule has 2 aromatic heterocycles. The lowest BCUT2D eigenvalue weighted by Crippen LogP contribution is -2.35. The van der Waals surface area contributed by atoms with Crippen LogP contribution in [0.3, 0.4) is 0 Å². The van der Waals surface area contributed by atoms with Gasteiger partial charge in [-0.15, -0.1) is 0 Å². The predicted molar refractivity (Wildman–Crippen MR) is 137 cm³/mol. The maximum atomic E-state index is 13.4. The van der Waals surface area contributed by atoms with E-state index in [1.165, 1.54) is 0 Å². The molecule has 0 fully saturated rings. The third-order valence-corrected chi connectivity index (χ3v) is 6.01. The maximum absolute atomic E-state index is 13.4. The monoisotopic (exact) mass is 464 g/mol. The molecule has 2 aromatic carbocycles. The maximum Gasteiger partial charge on any atom is 0.247 e. The molecule has 0 saturated heterocycles. The van der Waals surface area contributed by atoms with Crippen molar-refractivity contribution < 1.29 is 4.79 Å². The highest BCUT2D eigenvalue weighted by Crippen LogP contribution is 2.25. The molecule has 0 saturated carbocycles. The van der Waals surface area contributed by atoms with Gasteiger partial charge in [0.15, 0.2) is 0 Å². The average Bonchev–Trinajstić information content (AvgIpc) is 3.30. The van der Waals surface area contributed by atoms with Crippen LogP contribution in [0, 0.1) is 18.3 Å². The van der Waals surface area contributed by atoms with Gasteiger partial charge in [-0.05, 0) is 47.7 Å². The van der Waals surface area contributed by atoms with E-state index in [1.807, 2.05) is 80.8 Å².